The van der Waals surface area contributed by atoms with Crippen LogP contribution >= 0.6 is 0 Å². The first kappa shape index (κ1) is 13.5. The van der Waals surface area contributed by atoms with Crippen LogP contribution in [0.1, 0.15) is 11.1 Å². The van der Waals surface area contributed by atoms with Gasteiger partial charge in [0, 0.05) is 25.8 Å². The maximum absolute atomic E-state index is 8.51. The van der Waals surface area contributed by atoms with Crippen LogP contribution < -0.4 is 10.1 Å². The summed E-state index contributed by atoms with van der Waals surface area (Å²) in [5.74, 6) is 0.766. The molecule has 0 aliphatic carbocycles. The second-order valence-electron chi connectivity index (χ2n) is 3.73. The molecule has 0 aromatic heterocycles. The van der Waals surface area contributed by atoms with Crippen LogP contribution in [0.2, 0.25) is 0 Å². The number of methoxy groups -OCH3 is 1. The van der Waals surface area contributed by atoms with Gasteiger partial charge in [-0.2, -0.15) is 5.26 Å². The number of hydrogen-bond donors (Lipinski definition) is 1. The van der Waals surface area contributed by atoms with Gasteiger partial charge in [0.05, 0.1) is 6.61 Å². The maximum atomic E-state index is 8.51. The van der Waals surface area contributed by atoms with Crippen LogP contribution in [0.3, 0.4) is 0 Å². The van der Waals surface area contributed by atoms with Crippen molar-refractivity contribution in [2.75, 3.05) is 26.9 Å². The summed E-state index contributed by atoms with van der Waals surface area (Å²) in [6.45, 7) is 4.30. The highest BCUT2D eigenvalue weighted by molar-refractivity contribution is 5.37. The molecule has 1 N–H and O–H groups in total. The van der Waals surface area contributed by atoms with Gasteiger partial charge in [0.2, 0.25) is 0 Å². The van der Waals surface area contributed by atoms with Crippen molar-refractivity contribution in [2.45, 2.75) is 13.5 Å². The van der Waals surface area contributed by atoms with Crippen LogP contribution in [0, 0.1) is 18.3 Å². The first-order chi connectivity index (χ1) is 8.27. The fourth-order valence-electron chi connectivity index (χ4n) is 1.49. The predicted molar refractivity (Wildman–Crippen MR) is 65.9 cm³/mol. The number of nitrogens with one attached hydrogen (secondary N) is 1. The molecule has 0 fully saturated rings. The molecule has 0 atom stereocenters. The number of nitrogens with zero attached hydrogens (tertiary/aromatic N) is 1. The SMILES string of the molecule is COCCNCc1cc(C)ccc1OCC#N. The predicted octanol–water partition coefficient (Wildman–Crippen LogP) is 1.63. The van der Waals surface area contributed by atoms with Crippen molar-refractivity contribution in [1.82, 2.24) is 5.32 Å². The van der Waals surface area contributed by atoms with E-state index >= 15 is 0 Å². The van der Waals surface area contributed by atoms with Crippen molar-refractivity contribution in [1.29, 1.82) is 5.26 Å². The molecule has 0 saturated carbocycles. The number of aryl methyl sites for hydroxylation is 1. The fourth-order valence-corrected chi connectivity index (χ4v) is 1.49. The third kappa shape index (κ3) is 4.85. The van der Waals surface area contributed by atoms with Crippen LogP contribution in [-0.4, -0.2) is 26.9 Å². The van der Waals surface area contributed by atoms with E-state index in [0.29, 0.717) is 13.2 Å². The Hall–Kier alpha value is -1.57. The highest BCUT2D eigenvalue weighted by atomic mass is 16.5. The summed E-state index contributed by atoms with van der Waals surface area (Å²) < 4.78 is 10.3. The van der Waals surface area contributed by atoms with Crippen molar-refractivity contribution >= 4 is 0 Å². The van der Waals surface area contributed by atoms with Crippen molar-refractivity contribution in [3.63, 3.8) is 0 Å². The zero-order valence-electron chi connectivity index (χ0n) is 10.3. The first-order valence-electron chi connectivity index (χ1n) is 5.57. The van der Waals surface area contributed by atoms with Gasteiger partial charge in [-0.25, -0.2) is 0 Å². The lowest BCUT2D eigenvalue weighted by atomic mass is 10.1. The molecular weight excluding hydrogens is 216 g/mol. The third-order valence-electron chi connectivity index (χ3n) is 2.31. The molecule has 1 aromatic rings. The standard InChI is InChI=1S/C13H18N2O2/c1-11-3-4-13(17-7-5-14)12(9-11)10-15-6-8-16-2/h3-4,9,15H,6-8,10H2,1-2H3. The number of nitriles is 1. The largest absolute Gasteiger partial charge is 0.478 e. The van der Waals surface area contributed by atoms with Crippen LogP contribution in [0.4, 0.5) is 0 Å². The Morgan fingerprint density at radius 2 is 2.24 bits per heavy atom. The molecule has 0 radical (unpaired) electrons. The Kier molecular flexibility index (Phi) is 6.08. The average Bonchev–Trinajstić information content (AvgIpc) is 2.33. The van der Waals surface area contributed by atoms with Crippen molar-refractivity contribution in [3.8, 4) is 11.8 Å². The molecule has 1 rings (SSSR count). The molecule has 0 unspecified atom stereocenters. The summed E-state index contributed by atoms with van der Waals surface area (Å²) in [5.41, 5.74) is 2.24. The van der Waals surface area contributed by atoms with Gasteiger partial charge in [0.1, 0.15) is 11.8 Å². The molecule has 0 spiro atoms. The van der Waals surface area contributed by atoms with E-state index in [1.165, 1.54) is 5.56 Å². The molecule has 17 heavy (non-hydrogen) atoms. The summed E-state index contributed by atoms with van der Waals surface area (Å²) in [5, 5.41) is 11.8. The smallest absolute Gasteiger partial charge is 0.174 e. The van der Waals surface area contributed by atoms with Crippen molar-refractivity contribution < 1.29 is 9.47 Å². The number of hydrogen-bond acceptors (Lipinski definition) is 4. The number of benzene rings is 1. The topological polar surface area (TPSA) is 54.3 Å². The average molecular weight is 234 g/mol. The zero-order valence-corrected chi connectivity index (χ0v) is 10.3. The Morgan fingerprint density at radius 1 is 1.41 bits per heavy atom. The van der Waals surface area contributed by atoms with E-state index in [0.717, 1.165) is 17.9 Å². The lowest BCUT2D eigenvalue weighted by Crippen LogP contribution is -2.19. The lowest BCUT2D eigenvalue weighted by Gasteiger charge is -2.11. The normalized spacial score (nSPS) is 9.94. The van der Waals surface area contributed by atoms with Gasteiger partial charge in [-0.15, -0.1) is 0 Å². The van der Waals surface area contributed by atoms with Crippen molar-refractivity contribution in [2.24, 2.45) is 0 Å². The third-order valence-corrected chi connectivity index (χ3v) is 2.31. The molecule has 0 heterocycles. The molecule has 0 saturated heterocycles. The summed E-state index contributed by atoms with van der Waals surface area (Å²) in [6.07, 6.45) is 0. The lowest BCUT2D eigenvalue weighted by molar-refractivity contribution is 0.199. The van der Waals surface area contributed by atoms with Crippen LogP contribution in [0.5, 0.6) is 5.75 Å². The minimum absolute atomic E-state index is 0.0775. The fraction of sp³-hybridized carbons (Fsp3) is 0.462. The van der Waals surface area contributed by atoms with E-state index < -0.39 is 0 Å². The second kappa shape index (κ2) is 7.66. The quantitative estimate of drug-likeness (QED) is 0.729. The molecule has 4 heteroatoms. The van der Waals surface area contributed by atoms with E-state index in [4.69, 9.17) is 14.7 Å². The zero-order chi connectivity index (χ0) is 12.5. The van der Waals surface area contributed by atoms with Gasteiger partial charge in [0.15, 0.2) is 6.61 Å². The Morgan fingerprint density at radius 3 is 2.94 bits per heavy atom. The van der Waals surface area contributed by atoms with E-state index in [1.807, 2.05) is 25.1 Å². The molecule has 1 aromatic carbocycles. The van der Waals surface area contributed by atoms with Crippen LogP contribution in [0.15, 0.2) is 18.2 Å². The van der Waals surface area contributed by atoms with Gasteiger partial charge in [-0.1, -0.05) is 17.7 Å². The van der Waals surface area contributed by atoms with Gasteiger partial charge < -0.3 is 14.8 Å². The van der Waals surface area contributed by atoms with Crippen LogP contribution in [-0.2, 0) is 11.3 Å². The highest BCUT2D eigenvalue weighted by Crippen LogP contribution is 2.19. The molecule has 0 bridgehead atoms. The van der Waals surface area contributed by atoms with E-state index in [2.05, 4.69) is 11.4 Å². The summed E-state index contributed by atoms with van der Waals surface area (Å²) in [7, 11) is 1.68. The molecule has 0 aliphatic rings. The molecule has 0 amide bonds. The van der Waals surface area contributed by atoms with Gasteiger partial charge in [0.25, 0.3) is 0 Å². The van der Waals surface area contributed by atoms with Gasteiger partial charge in [-0.3, -0.25) is 0 Å². The highest BCUT2D eigenvalue weighted by Gasteiger charge is 2.03. The number of ether oxygens (including phenoxy) is 2. The summed E-state index contributed by atoms with van der Waals surface area (Å²) >= 11 is 0. The van der Waals surface area contributed by atoms with Crippen molar-refractivity contribution in [3.05, 3.63) is 29.3 Å². The summed E-state index contributed by atoms with van der Waals surface area (Å²) in [4.78, 5) is 0. The van der Waals surface area contributed by atoms with E-state index in [-0.39, 0.29) is 6.61 Å². The Bertz CT molecular complexity index is 385. The Balaban J connectivity index is 2.60. The van der Waals surface area contributed by atoms with Gasteiger partial charge >= 0.3 is 0 Å². The molecular formula is C13H18N2O2. The van der Waals surface area contributed by atoms with Gasteiger partial charge in [-0.05, 0) is 13.0 Å². The van der Waals surface area contributed by atoms with E-state index in [1.54, 1.807) is 7.11 Å². The summed E-state index contributed by atoms with van der Waals surface area (Å²) in [6, 6.07) is 7.91. The molecule has 4 nitrogen and oxygen atoms in total. The van der Waals surface area contributed by atoms with Crippen LogP contribution in [0.25, 0.3) is 0 Å². The minimum atomic E-state index is 0.0775. The molecule has 92 valence electrons. The maximum Gasteiger partial charge on any atom is 0.174 e. The number of rotatable bonds is 7. The second-order valence-corrected chi connectivity index (χ2v) is 3.73. The Labute approximate surface area is 102 Å². The first-order valence-corrected chi connectivity index (χ1v) is 5.57. The van der Waals surface area contributed by atoms with E-state index in [9.17, 15) is 0 Å². The molecule has 0 aliphatic heterocycles. The minimum Gasteiger partial charge on any atom is -0.478 e. The monoisotopic (exact) mass is 234 g/mol.